The molecule has 0 fully saturated rings. The lowest BCUT2D eigenvalue weighted by Gasteiger charge is -2.21. The van der Waals surface area contributed by atoms with Crippen LogP contribution < -0.4 is 10.6 Å². The van der Waals surface area contributed by atoms with Crippen molar-refractivity contribution in [2.24, 2.45) is 0 Å². The highest BCUT2D eigenvalue weighted by atomic mass is 32.1. The number of aromatic nitrogens is 1. The summed E-state index contributed by atoms with van der Waals surface area (Å²) >= 11 is 1.09. The van der Waals surface area contributed by atoms with E-state index < -0.39 is 17.6 Å². The largest absolute Gasteiger partial charge is 0.467 e. The maximum absolute atomic E-state index is 13.1. The van der Waals surface area contributed by atoms with E-state index in [0.717, 1.165) is 29.9 Å². The monoisotopic (exact) mass is 494 g/mol. The number of halogens is 3. The highest BCUT2D eigenvalue weighted by Gasteiger charge is 2.30. The van der Waals surface area contributed by atoms with E-state index in [2.05, 4.69) is 15.6 Å². The van der Waals surface area contributed by atoms with Gasteiger partial charge in [-0.3, -0.25) is 9.59 Å². The topological polar surface area (TPSA) is 87.5 Å². The van der Waals surface area contributed by atoms with Gasteiger partial charge < -0.3 is 20.0 Å². The van der Waals surface area contributed by atoms with Gasteiger partial charge in [0.05, 0.1) is 18.4 Å². The number of hydrogen-bond acceptors (Lipinski definition) is 6. The highest BCUT2D eigenvalue weighted by Crippen LogP contribution is 2.32. The van der Waals surface area contributed by atoms with Gasteiger partial charge in [0, 0.05) is 30.1 Å². The zero-order valence-electron chi connectivity index (χ0n) is 18.7. The maximum Gasteiger partial charge on any atom is 0.416 e. The van der Waals surface area contributed by atoms with Crippen molar-refractivity contribution < 1.29 is 27.2 Å². The second-order valence-electron chi connectivity index (χ2n) is 7.67. The van der Waals surface area contributed by atoms with E-state index in [1.165, 1.54) is 28.7 Å². The van der Waals surface area contributed by atoms with Gasteiger partial charge in [-0.25, -0.2) is 4.98 Å². The number of carbonyl (C=O) groups is 2. The number of rotatable bonds is 10. The molecule has 0 unspecified atom stereocenters. The van der Waals surface area contributed by atoms with E-state index in [4.69, 9.17) is 4.42 Å². The summed E-state index contributed by atoms with van der Waals surface area (Å²) in [6, 6.07) is 8.19. The Labute approximate surface area is 199 Å². The molecule has 0 spiro atoms. The van der Waals surface area contributed by atoms with Crippen LogP contribution in [0.4, 0.5) is 24.0 Å². The van der Waals surface area contributed by atoms with Crippen molar-refractivity contribution in [3.63, 3.8) is 0 Å². The van der Waals surface area contributed by atoms with Crippen LogP contribution in [-0.4, -0.2) is 34.3 Å². The van der Waals surface area contributed by atoms with Crippen molar-refractivity contribution in [3.05, 3.63) is 65.1 Å². The van der Waals surface area contributed by atoms with Crippen LogP contribution in [-0.2, 0) is 17.5 Å². The number of hydrogen-bond donors (Lipinski definition) is 2. The van der Waals surface area contributed by atoms with Crippen LogP contribution >= 0.6 is 11.3 Å². The van der Waals surface area contributed by atoms with Crippen molar-refractivity contribution in [2.45, 2.75) is 45.5 Å². The average Bonchev–Trinajstić information content (AvgIpc) is 3.48. The second-order valence-corrected chi connectivity index (χ2v) is 8.53. The molecule has 2 N–H and O–H groups in total. The lowest BCUT2D eigenvalue weighted by Crippen LogP contribution is -2.37. The predicted octanol–water partition coefficient (Wildman–Crippen LogP) is 5.45. The molecule has 182 valence electrons. The Bertz CT molecular complexity index is 1100. The zero-order chi connectivity index (χ0) is 24.7. The first-order valence-corrected chi connectivity index (χ1v) is 11.5. The number of nitrogens with one attached hydrogen (secondary N) is 2. The van der Waals surface area contributed by atoms with Crippen molar-refractivity contribution in [2.75, 3.05) is 11.9 Å². The summed E-state index contributed by atoms with van der Waals surface area (Å²) in [6.07, 6.45) is -2.07. The van der Waals surface area contributed by atoms with Gasteiger partial charge in [-0.2, -0.15) is 13.2 Å². The van der Waals surface area contributed by atoms with Gasteiger partial charge in [0.2, 0.25) is 5.91 Å². The molecule has 0 bridgehead atoms. The molecular weight excluding hydrogens is 469 g/mol. The summed E-state index contributed by atoms with van der Waals surface area (Å²) in [6.45, 7) is 4.16. The summed E-state index contributed by atoms with van der Waals surface area (Å²) in [5.41, 5.74) is -0.462. The van der Waals surface area contributed by atoms with Crippen molar-refractivity contribution in [3.8, 4) is 0 Å². The molecule has 0 aliphatic carbocycles. The average molecular weight is 495 g/mol. The first-order chi connectivity index (χ1) is 16.2. The Morgan fingerprint density at radius 2 is 2.03 bits per heavy atom. The van der Waals surface area contributed by atoms with Crippen molar-refractivity contribution in [1.29, 1.82) is 0 Å². The molecule has 34 heavy (non-hydrogen) atoms. The number of benzene rings is 1. The molecule has 0 saturated heterocycles. The van der Waals surface area contributed by atoms with Crippen LogP contribution in [0.5, 0.6) is 0 Å². The molecule has 0 radical (unpaired) electrons. The lowest BCUT2D eigenvalue weighted by molar-refractivity contribution is -0.137. The Morgan fingerprint density at radius 3 is 2.71 bits per heavy atom. The van der Waals surface area contributed by atoms with E-state index in [1.54, 1.807) is 12.1 Å². The third-order valence-electron chi connectivity index (χ3n) is 5.01. The maximum atomic E-state index is 13.1. The minimum atomic E-state index is -4.46. The third-order valence-corrected chi connectivity index (χ3v) is 5.76. The van der Waals surface area contributed by atoms with Crippen LogP contribution in [0.3, 0.4) is 0 Å². The summed E-state index contributed by atoms with van der Waals surface area (Å²) in [4.78, 5) is 31.0. The molecule has 7 nitrogen and oxygen atoms in total. The summed E-state index contributed by atoms with van der Waals surface area (Å²) < 4.78 is 44.2. The number of furan rings is 1. The standard InChI is InChI=1S/C23H25F3N4O3S/c1-3-15(2)27-20(31)9-10-30(13-18-8-5-11-33-18)21(32)19-14-34-22(29-19)28-17-7-4-6-16(12-17)23(24,25)26/h4-8,11-12,14-15H,3,9-10,13H2,1-2H3,(H,27,31)(H,28,29)/t15-/m1/s1. The molecule has 3 aromatic rings. The SMILES string of the molecule is CC[C@@H](C)NC(=O)CCN(Cc1ccco1)C(=O)c1csc(Nc2cccc(C(F)(F)F)c2)n1. The number of amides is 2. The number of nitrogens with zero attached hydrogens (tertiary/aromatic N) is 2. The molecule has 2 aromatic heterocycles. The number of anilines is 2. The Balaban J connectivity index is 1.70. The molecular formula is C23H25F3N4O3S. The van der Waals surface area contributed by atoms with Crippen LogP contribution in [0.25, 0.3) is 0 Å². The lowest BCUT2D eigenvalue weighted by atomic mass is 10.2. The van der Waals surface area contributed by atoms with E-state index in [-0.39, 0.29) is 48.0 Å². The predicted molar refractivity (Wildman–Crippen MR) is 123 cm³/mol. The highest BCUT2D eigenvalue weighted by molar-refractivity contribution is 7.14. The number of alkyl halides is 3. The Kier molecular flexibility index (Phi) is 8.32. The van der Waals surface area contributed by atoms with Gasteiger partial charge >= 0.3 is 6.18 Å². The molecule has 1 atom stereocenters. The van der Waals surface area contributed by atoms with Gasteiger partial charge in [0.1, 0.15) is 11.5 Å². The van der Waals surface area contributed by atoms with Gasteiger partial charge in [0.25, 0.3) is 5.91 Å². The number of thiazole rings is 1. The fourth-order valence-electron chi connectivity index (χ4n) is 3.02. The van der Waals surface area contributed by atoms with Gasteiger partial charge in [-0.1, -0.05) is 13.0 Å². The number of carbonyl (C=O) groups excluding carboxylic acids is 2. The molecule has 0 aliphatic heterocycles. The minimum Gasteiger partial charge on any atom is -0.467 e. The Hall–Kier alpha value is -3.34. The van der Waals surface area contributed by atoms with Crippen LogP contribution in [0.1, 0.15) is 48.5 Å². The van der Waals surface area contributed by atoms with Crippen molar-refractivity contribution in [1.82, 2.24) is 15.2 Å². The van der Waals surface area contributed by atoms with Gasteiger partial charge in [-0.15, -0.1) is 11.3 Å². The van der Waals surface area contributed by atoms with Crippen molar-refractivity contribution >= 4 is 34.0 Å². The molecule has 3 rings (SSSR count). The fraction of sp³-hybridized carbons (Fsp3) is 0.348. The molecule has 0 aliphatic rings. The van der Waals surface area contributed by atoms with E-state index >= 15 is 0 Å². The van der Waals surface area contributed by atoms with Gasteiger partial charge in [-0.05, 0) is 43.7 Å². The molecule has 2 amide bonds. The molecule has 2 heterocycles. The fourth-order valence-corrected chi connectivity index (χ4v) is 3.72. The van der Waals surface area contributed by atoms with E-state index in [9.17, 15) is 22.8 Å². The normalized spacial score (nSPS) is 12.3. The van der Waals surface area contributed by atoms with E-state index in [1.807, 2.05) is 13.8 Å². The van der Waals surface area contributed by atoms with Crippen LogP contribution in [0.15, 0.2) is 52.5 Å². The quantitative estimate of drug-likeness (QED) is 0.392. The smallest absolute Gasteiger partial charge is 0.416 e. The zero-order valence-corrected chi connectivity index (χ0v) is 19.5. The Morgan fingerprint density at radius 1 is 1.24 bits per heavy atom. The molecule has 0 saturated carbocycles. The molecule has 1 aromatic carbocycles. The van der Waals surface area contributed by atoms with Crippen LogP contribution in [0, 0.1) is 0 Å². The first kappa shape index (κ1) is 25.3. The second kappa shape index (κ2) is 11.2. The summed E-state index contributed by atoms with van der Waals surface area (Å²) in [5.74, 6) is -0.0360. The van der Waals surface area contributed by atoms with Gasteiger partial charge in [0.15, 0.2) is 5.13 Å². The summed E-state index contributed by atoms with van der Waals surface area (Å²) in [7, 11) is 0. The molecule has 11 heteroatoms. The van der Waals surface area contributed by atoms with Crippen LogP contribution in [0.2, 0.25) is 0 Å². The summed E-state index contributed by atoms with van der Waals surface area (Å²) in [5, 5.41) is 7.47. The third kappa shape index (κ3) is 7.08. The van der Waals surface area contributed by atoms with E-state index in [0.29, 0.717) is 5.76 Å². The first-order valence-electron chi connectivity index (χ1n) is 10.7. The minimum absolute atomic E-state index is 0.0322.